The zero-order valence-corrected chi connectivity index (χ0v) is 8.67. The maximum absolute atomic E-state index is 11.1. The van der Waals surface area contributed by atoms with Gasteiger partial charge in [0, 0.05) is 18.4 Å². The minimum atomic E-state index is -3.25. The van der Waals surface area contributed by atoms with Crippen molar-refractivity contribution in [2.45, 2.75) is 24.9 Å². The van der Waals surface area contributed by atoms with Crippen molar-refractivity contribution in [1.82, 2.24) is 9.78 Å². The first-order chi connectivity index (χ1) is 5.82. The van der Waals surface area contributed by atoms with E-state index in [1.807, 2.05) is 13.8 Å². The van der Waals surface area contributed by atoms with Crippen molar-refractivity contribution in [3.05, 3.63) is 6.07 Å². The summed E-state index contributed by atoms with van der Waals surface area (Å²) < 4.78 is 23.7. The summed E-state index contributed by atoms with van der Waals surface area (Å²) >= 11 is 0. The Morgan fingerprint density at radius 2 is 2.08 bits per heavy atom. The largest absolute Gasteiger partial charge is 0.384 e. The van der Waals surface area contributed by atoms with E-state index in [1.165, 1.54) is 10.7 Å². The van der Waals surface area contributed by atoms with Crippen LogP contribution in [0.15, 0.2) is 11.1 Å². The number of aromatic nitrogens is 2. The van der Waals surface area contributed by atoms with E-state index >= 15 is 0 Å². The second-order valence-electron chi connectivity index (χ2n) is 3.22. The molecular formula is C7H13N3O2S. The third-order valence-corrected chi connectivity index (χ3v) is 2.57. The molecule has 0 unspecified atom stereocenters. The normalized spacial score (nSPS) is 12.3. The second-order valence-corrected chi connectivity index (χ2v) is 5.18. The molecule has 13 heavy (non-hydrogen) atoms. The molecule has 0 amide bonds. The third kappa shape index (κ3) is 2.00. The van der Waals surface area contributed by atoms with Crippen molar-refractivity contribution in [3.63, 3.8) is 0 Å². The molecule has 0 saturated carbocycles. The number of rotatable bonds is 2. The van der Waals surface area contributed by atoms with Crippen molar-refractivity contribution in [2.24, 2.45) is 0 Å². The summed E-state index contributed by atoms with van der Waals surface area (Å²) in [5.41, 5.74) is 5.57. The molecule has 0 aliphatic heterocycles. The van der Waals surface area contributed by atoms with Crippen LogP contribution in [0.3, 0.4) is 0 Å². The summed E-state index contributed by atoms with van der Waals surface area (Å²) in [6.45, 7) is 3.77. The van der Waals surface area contributed by atoms with Crippen LogP contribution in [0.5, 0.6) is 0 Å². The average Bonchev–Trinajstić information content (AvgIpc) is 2.29. The molecule has 0 fully saturated rings. The van der Waals surface area contributed by atoms with E-state index in [4.69, 9.17) is 5.73 Å². The number of nitrogen functional groups attached to an aromatic ring is 1. The van der Waals surface area contributed by atoms with Crippen molar-refractivity contribution in [3.8, 4) is 0 Å². The molecule has 6 heteroatoms. The minimum Gasteiger partial charge on any atom is -0.384 e. The zero-order valence-electron chi connectivity index (χ0n) is 7.85. The van der Waals surface area contributed by atoms with Gasteiger partial charge >= 0.3 is 0 Å². The van der Waals surface area contributed by atoms with Gasteiger partial charge < -0.3 is 5.73 Å². The molecule has 0 aliphatic carbocycles. The summed E-state index contributed by atoms with van der Waals surface area (Å²) in [6, 6.07) is 1.44. The number of hydrogen-bond acceptors (Lipinski definition) is 4. The Labute approximate surface area is 77.5 Å². The summed E-state index contributed by atoms with van der Waals surface area (Å²) in [4.78, 5) is 0. The number of nitrogens with two attached hydrogens (primary N) is 1. The Morgan fingerprint density at radius 1 is 1.54 bits per heavy atom. The summed E-state index contributed by atoms with van der Waals surface area (Å²) in [7, 11) is -3.25. The van der Waals surface area contributed by atoms with E-state index in [0.717, 1.165) is 6.26 Å². The third-order valence-electron chi connectivity index (χ3n) is 1.61. The minimum absolute atomic E-state index is 0.0266. The van der Waals surface area contributed by atoms with Gasteiger partial charge in [-0.15, -0.1) is 0 Å². The predicted molar refractivity (Wildman–Crippen MR) is 50.1 cm³/mol. The van der Waals surface area contributed by atoms with Crippen LogP contribution in [0.25, 0.3) is 0 Å². The lowest BCUT2D eigenvalue weighted by atomic mass is 10.4. The SMILES string of the molecule is CC(C)n1nc(S(C)(=O)=O)cc1N. The topological polar surface area (TPSA) is 78.0 Å². The molecule has 1 heterocycles. The van der Waals surface area contributed by atoms with Crippen LogP contribution >= 0.6 is 0 Å². The Balaban J connectivity index is 3.25. The molecule has 2 N–H and O–H groups in total. The Hall–Kier alpha value is -1.04. The van der Waals surface area contributed by atoms with Crippen molar-refractivity contribution in [2.75, 3.05) is 12.0 Å². The van der Waals surface area contributed by atoms with E-state index in [2.05, 4.69) is 5.10 Å². The van der Waals surface area contributed by atoms with Crippen LogP contribution in [0, 0.1) is 0 Å². The molecule has 0 radical (unpaired) electrons. The van der Waals surface area contributed by atoms with Gasteiger partial charge in [-0.05, 0) is 13.8 Å². The van der Waals surface area contributed by atoms with Crippen molar-refractivity contribution in [1.29, 1.82) is 0 Å². The second kappa shape index (κ2) is 3.02. The fourth-order valence-electron chi connectivity index (χ4n) is 0.980. The highest BCUT2D eigenvalue weighted by Crippen LogP contribution is 2.15. The number of sulfone groups is 1. The smallest absolute Gasteiger partial charge is 0.194 e. The Bertz CT molecular complexity index is 405. The van der Waals surface area contributed by atoms with E-state index in [0.29, 0.717) is 5.82 Å². The van der Waals surface area contributed by atoms with Gasteiger partial charge in [-0.1, -0.05) is 0 Å². The van der Waals surface area contributed by atoms with Crippen LogP contribution in [-0.2, 0) is 9.84 Å². The van der Waals surface area contributed by atoms with Gasteiger partial charge in [-0.2, -0.15) is 5.10 Å². The number of anilines is 1. The number of hydrogen-bond donors (Lipinski definition) is 1. The molecule has 1 rings (SSSR count). The van der Waals surface area contributed by atoms with Crippen LogP contribution in [0.2, 0.25) is 0 Å². The molecule has 1 aromatic rings. The molecule has 0 bridgehead atoms. The first kappa shape index (κ1) is 10.0. The van der Waals surface area contributed by atoms with Gasteiger partial charge in [0.1, 0.15) is 5.82 Å². The molecule has 5 nitrogen and oxygen atoms in total. The van der Waals surface area contributed by atoms with Gasteiger partial charge in [0.15, 0.2) is 14.9 Å². The number of nitrogens with zero attached hydrogens (tertiary/aromatic N) is 2. The first-order valence-electron chi connectivity index (χ1n) is 3.87. The zero-order chi connectivity index (χ0) is 10.2. The monoisotopic (exact) mass is 203 g/mol. The van der Waals surface area contributed by atoms with Crippen LogP contribution in [0.4, 0.5) is 5.82 Å². The van der Waals surface area contributed by atoms with E-state index in [-0.39, 0.29) is 11.1 Å². The Morgan fingerprint density at radius 3 is 2.31 bits per heavy atom. The van der Waals surface area contributed by atoms with Gasteiger partial charge in [0.25, 0.3) is 0 Å². The molecule has 0 aliphatic rings. The molecule has 1 aromatic heterocycles. The highest BCUT2D eigenvalue weighted by Gasteiger charge is 2.15. The molecule has 0 spiro atoms. The van der Waals surface area contributed by atoms with E-state index < -0.39 is 9.84 Å². The molecule has 0 saturated heterocycles. The van der Waals surface area contributed by atoms with Gasteiger partial charge in [0.2, 0.25) is 0 Å². The highest BCUT2D eigenvalue weighted by molar-refractivity contribution is 7.90. The summed E-state index contributed by atoms with van der Waals surface area (Å²) in [6.07, 6.45) is 1.11. The molecule has 74 valence electrons. The highest BCUT2D eigenvalue weighted by atomic mass is 32.2. The van der Waals surface area contributed by atoms with Crippen molar-refractivity contribution >= 4 is 15.7 Å². The van der Waals surface area contributed by atoms with Crippen molar-refractivity contribution < 1.29 is 8.42 Å². The average molecular weight is 203 g/mol. The van der Waals surface area contributed by atoms with Crippen LogP contribution < -0.4 is 5.73 Å². The maximum atomic E-state index is 11.1. The maximum Gasteiger partial charge on any atom is 0.194 e. The van der Waals surface area contributed by atoms with Gasteiger partial charge in [0.05, 0.1) is 0 Å². The standard InChI is InChI=1S/C7H13N3O2S/c1-5(2)10-6(8)4-7(9-10)13(3,11)12/h4-5H,8H2,1-3H3. The fourth-order valence-corrected chi connectivity index (χ4v) is 1.55. The Kier molecular flexibility index (Phi) is 2.34. The van der Waals surface area contributed by atoms with Gasteiger partial charge in [-0.3, -0.25) is 0 Å². The van der Waals surface area contributed by atoms with E-state index in [1.54, 1.807) is 0 Å². The fraction of sp³-hybridized carbons (Fsp3) is 0.571. The van der Waals surface area contributed by atoms with Gasteiger partial charge in [-0.25, -0.2) is 13.1 Å². The molecular weight excluding hydrogens is 190 g/mol. The predicted octanol–water partition coefficient (Wildman–Crippen LogP) is 0.450. The summed E-state index contributed by atoms with van der Waals surface area (Å²) in [5, 5.41) is 3.91. The first-order valence-corrected chi connectivity index (χ1v) is 5.76. The molecule has 0 atom stereocenters. The summed E-state index contributed by atoms with van der Waals surface area (Å²) in [5.74, 6) is 0.371. The van der Waals surface area contributed by atoms with E-state index in [9.17, 15) is 8.42 Å². The lowest BCUT2D eigenvalue weighted by Gasteiger charge is -2.06. The quantitative estimate of drug-likeness (QED) is 0.757. The molecule has 0 aromatic carbocycles. The van der Waals surface area contributed by atoms with Crippen LogP contribution in [-0.4, -0.2) is 24.5 Å². The lowest BCUT2D eigenvalue weighted by molar-refractivity contribution is 0.523. The van der Waals surface area contributed by atoms with Crippen LogP contribution in [0.1, 0.15) is 19.9 Å². The lowest BCUT2D eigenvalue weighted by Crippen LogP contribution is -2.07.